The SMILES string of the molecule is C=COC=C.C=C[Si](C)(O[Si](C)(C)C)c1ccccc1. The van der Waals surface area contributed by atoms with Crippen molar-refractivity contribution in [3.8, 4) is 0 Å². The van der Waals surface area contributed by atoms with Crippen LogP contribution in [-0.4, -0.2) is 16.6 Å². The van der Waals surface area contributed by atoms with E-state index in [2.05, 4.69) is 74.9 Å². The molecular weight excluding hydrogens is 280 g/mol. The van der Waals surface area contributed by atoms with Gasteiger partial charge in [-0.15, -0.1) is 6.58 Å². The smallest absolute Gasteiger partial charge is 0.234 e. The molecule has 1 aromatic carbocycles. The molecule has 0 aliphatic carbocycles. The second-order valence-electron chi connectivity index (χ2n) is 5.36. The zero-order chi connectivity index (χ0) is 15.6. The first-order valence-electron chi connectivity index (χ1n) is 6.55. The summed E-state index contributed by atoms with van der Waals surface area (Å²) >= 11 is 0. The normalized spacial score (nSPS) is 13.2. The van der Waals surface area contributed by atoms with E-state index in [0.29, 0.717) is 0 Å². The fourth-order valence-electron chi connectivity index (χ4n) is 1.69. The van der Waals surface area contributed by atoms with Crippen LogP contribution in [0.25, 0.3) is 0 Å². The molecule has 0 radical (unpaired) electrons. The van der Waals surface area contributed by atoms with Gasteiger partial charge in [0.25, 0.3) is 0 Å². The Morgan fingerprint density at radius 1 is 0.900 bits per heavy atom. The molecule has 0 aliphatic rings. The van der Waals surface area contributed by atoms with Crippen LogP contribution >= 0.6 is 0 Å². The molecule has 0 aliphatic heterocycles. The van der Waals surface area contributed by atoms with Crippen molar-refractivity contribution in [3.63, 3.8) is 0 Å². The molecule has 1 rings (SSSR count). The number of rotatable bonds is 6. The fourth-order valence-corrected chi connectivity index (χ4v) is 8.67. The summed E-state index contributed by atoms with van der Waals surface area (Å²) in [7, 11) is -3.42. The summed E-state index contributed by atoms with van der Waals surface area (Å²) in [5.74, 6) is 0. The lowest BCUT2D eigenvalue weighted by molar-refractivity contribution is 0.406. The van der Waals surface area contributed by atoms with Crippen LogP contribution in [0.5, 0.6) is 0 Å². The van der Waals surface area contributed by atoms with Gasteiger partial charge in [0.05, 0.1) is 12.5 Å². The molecular formula is C16H26O2Si2. The van der Waals surface area contributed by atoms with E-state index >= 15 is 0 Å². The quantitative estimate of drug-likeness (QED) is 0.575. The summed E-state index contributed by atoms with van der Waals surface area (Å²) in [5.41, 5.74) is 2.03. The van der Waals surface area contributed by atoms with Gasteiger partial charge in [-0.05, 0) is 31.4 Å². The highest BCUT2D eigenvalue weighted by atomic mass is 28.4. The van der Waals surface area contributed by atoms with Gasteiger partial charge in [-0.2, -0.15) is 0 Å². The lowest BCUT2D eigenvalue weighted by Gasteiger charge is -2.32. The Balaban J connectivity index is 0.000000621. The van der Waals surface area contributed by atoms with Gasteiger partial charge in [0.2, 0.25) is 8.32 Å². The summed E-state index contributed by atoms with van der Waals surface area (Å²) in [6, 6.07) is 10.5. The molecule has 2 nitrogen and oxygen atoms in total. The highest BCUT2D eigenvalue weighted by Crippen LogP contribution is 2.15. The predicted molar refractivity (Wildman–Crippen MR) is 93.8 cm³/mol. The third-order valence-corrected chi connectivity index (χ3v) is 8.85. The third-order valence-electron chi connectivity index (χ3n) is 2.45. The van der Waals surface area contributed by atoms with Gasteiger partial charge in [-0.1, -0.05) is 49.2 Å². The highest BCUT2D eigenvalue weighted by Gasteiger charge is 2.33. The summed E-state index contributed by atoms with van der Waals surface area (Å²) in [5, 5.41) is 1.31. The van der Waals surface area contributed by atoms with Crippen LogP contribution in [0.2, 0.25) is 26.2 Å². The van der Waals surface area contributed by atoms with Crippen molar-refractivity contribution in [2.24, 2.45) is 0 Å². The third kappa shape index (κ3) is 7.28. The van der Waals surface area contributed by atoms with Crippen molar-refractivity contribution in [2.75, 3.05) is 0 Å². The van der Waals surface area contributed by atoms with E-state index < -0.39 is 16.6 Å². The van der Waals surface area contributed by atoms with Crippen molar-refractivity contribution in [1.29, 1.82) is 0 Å². The van der Waals surface area contributed by atoms with E-state index in [1.54, 1.807) is 0 Å². The fraction of sp³-hybridized carbons (Fsp3) is 0.250. The maximum absolute atomic E-state index is 6.32. The van der Waals surface area contributed by atoms with Crippen LogP contribution in [-0.2, 0) is 8.85 Å². The van der Waals surface area contributed by atoms with Gasteiger partial charge in [0.1, 0.15) is 0 Å². The zero-order valence-corrected chi connectivity index (χ0v) is 15.1. The van der Waals surface area contributed by atoms with E-state index in [-0.39, 0.29) is 0 Å². The molecule has 4 heteroatoms. The number of benzene rings is 1. The van der Waals surface area contributed by atoms with Crippen molar-refractivity contribution in [3.05, 3.63) is 68.3 Å². The maximum Gasteiger partial charge on any atom is 0.234 e. The molecule has 0 amide bonds. The molecule has 0 saturated carbocycles. The van der Waals surface area contributed by atoms with Gasteiger partial charge < -0.3 is 8.85 Å². The minimum Gasteiger partial charge on any atom is -0.474 e. The number of ether oxygens (including phenoxy) is 1. The maximum atomic E-state index is 6.32. The van der Waals surface area contributed by atoms with Crippen molar-refractivity contribution in [2.45, 2.75) is 26.2 Å². The molecule has 0 spiro atoms. The number of hydrogen-bond donors (Lipinski definition) is 0. The standard InChI is InChI=1S/C12H20OSi2.C4H6O/c1-6-15(5,13-14(2,3)4)12-10-8-7-9-11-12;1-3-5-4-2/h6-11H,1H2,2-5H3;3-4H,1-2H2. The first-order valence-corrected chi connectivity index (χ1v) is 12.4. The Morgan fingerprint density at radius 3 is 1.70 bits per heavy atom. The lowest BCUT2D eigenvalue weighted by Crippen LogP contribution is -2.52. The minimum absolute atomic E-state index is 1.31. The predicted octanol–water partition coefficient (Wildman–Crippen LogP) is 4.34. The van der Waals surface area contributed by atoms with Crippen LogP contribution < -0.4 is 5.19 Å². The van der Waals surface area contributed by atoms with Crippen LogP contribution in [0, 0.1) is 0 Å². The first kappa shape index (κ1) is 18.6. The van der Waals surface area contributed by atoms with Crippen LogP contribution in [0.15, 0.2) is 68.3 Å². The van der Waals surface area contributed by atoms with Gasteiger partial charge in [-0.3, -0.25) is 0 Å². The summed E-state index contributed by atoms with van der Waals surface area (Å²) in [4.78, 5) is 0. The van der Waals surface area contributed by atoms with Crippen LogP contribution in [0.1, 0.15) is 0 Å². The van der Waals surface area contributed by atoms with E-state index in [1.807, 2.05) is 11.8 Å². The Labute approximate surface area is 125 Å². The zero-order valence-electron chi connectivity index (χ0n) is 13.1. The Bertz CT molecular complexity index is 418. The van der Waals surface area contributed by atoms with Crippen molar-refractivity contribution >= 4 is 21.8 Å². The summed E-state index contributed by atoms with van der Waals surface area (Å²) in [6.45, 7) is 19.4. The Morgan fingerprint density at radius 2 is 1.40 bits per heavy atom. The van der Waals surface area contributed by atoms with E-state index in [0.717, 1.165) is 0 Å². The van der Waals surface area contributed by atoms with Gasteiger partial charge in [-0.25, -0.2) is 0 Å². The average Bonchev–Trinajstić information content (AvgIpc) is 2.39. The van der Waals surface area contributed by atoms with Crippen LogP contribution in [0.4, 0.5) is 0 Å². The van der Waals surface area contributed by atoms with Gasteiger partial charge >= 0.3 is 0 Å². The summed E-state index contributed by atoms with van der Waals surface area (Å²) in [6.07, 6.45) is 2.62. The molecule has 1 aromatic rings. The monoisotopic (exact) mass is 306 g/mol. The Hall–Kier alpha value is -1.37. The minimum atomic E-state index is -1.91. The first-order chi connectivity index (χ1) is 9.29. The summed E-state index contributed by atoms with van der Waals surface area (Å²) < 4.78 is 10.7. The Kier molecular flexibility index (Phi) is 8.14. The molecule has 0 fully saturated rings. The molecule has 110 valence electrons. The van der Waals surface area contributed by atoms with Crippen LogP contribution in [0.3, 0.4) is 0 Å². The van der Waals surface area contributed by atoms with Crippen molar-refractivity contribution < 1.29 is 8.85 Å². The molecule has 0 saturated heterocycles. The largest absolute Gasteiger partial charge is 0.474 e. The topological polar surface area (TPSA) is 18.5 Å². The van der Waals surface area contributed by atoms with Gasteiger partial charge in [0.15, 0.2) is 8.32 Å². The second kappa shape index (κ2) is 8.73. The van der Waals surface area contributed by atoms with Crippen molar-refractivity contribution in [1.82, 2.24) is 0 Å². The van der Waals surface area contributed by atoms with Gasteiger partial charge in [0, 0.05) is 0 Å². The van der Waals surface area contributed by atoms with E-state index in [9.17, 15) is 0 Å². The van der Waals surface area contributed by atoms with E-state index in [4.69, 9.17) is 4.12 Å². The lowest BCUT2D eigenvalue weighted by atomic mass is 10.4. The second-order valence-corrected chi connectivity index (χ2v) is 13.6. The highest BCUT2D eigenvalue weighted by molar-refractivity contribution is 6.95. The molecule has 0 bridgehead atoms. The molecule has 0 aromatic heterocycles. The number of hydrogen-bond acceptors (Lipinski definition) is 2. The van der Waals surface area contributed by atoms with E-state index in [1.165, 1.54) is 17.7 Å². The average molecular weight is 307 g/mol. The molecule has 0 N–H and O–H groups in total. The molecule has 20 heavy (non-hydrogen) atoms. The molecule has 1 unspecified atom stereocenters. The molecule has 0 heterocycles. The molecule has 1 atom stereocenters.